The first kappa shape index (κ1) is 18.0. The Morgan fingerprint density at radius 1 is 1.28 bits per heavy atom. The molecule has 0 radical (unpaired) electrons. The number of carbonyl (C=O) groups excluding carboxylic acids is 1. The standard InChI is InChI=1S/C17H18F3N3OS/c1-11-6-4-5-9-23(11)14(24)10-25-15-12-7-2-3-8-13(12)21-16(22-15)17(18,19)20/h2-3,7-8,11H,4-6,9-10H2,1H3/t11-/m0/s1. The fourth-order valence-corrected chi connectivity index (χ4v) is 3.87. The van der Waals surface area contributed by atoms with Gasteiger partial charge in [0.1, 0.15) is 5.03 Å². The number of hydrogen-bond donors (Lipinski definition) is 0. The minimum absolute atomic E-state index is 0.0616. The van der Waals surface area contributed by atoms with E-state index in [4.69, 9.17) is 0 Å². The normalized spacial score (nSPS) is 18.6. The van der Waals surface area contributed by atoms with Gasteiger partial charge in [-0.15, -0.1) is 0 Å². The molecule has 4 nitrogen and oxygen atoms in total. The number of fused-ring (bicyclic) bond motifs is 1. The van der Waals surface area contributed by atoms with E-state index in [1.165, 1.54) is 6.07 Å². The number of benzene rings is 1. The predicted molar refractivity (Wildman–Crippen MR) is 90.3 cm³/mol. The van der Waals surface area contributed by atoms with Gasteiger partial charge in [-0.3, -0.25) is 4.79 Å². The second kappa shape index (κ2) is 7.19. The lowest BCUT2D eigenvalue weighted by Crippen LogP contribution is -2.42. The van der Waals surface area contributed by atoms with Crippen LogP contribution in [0.15, 0.2) is 29.3 Å². The molecule has 3 rings (SSSR count). The molecule has 0 bridgehead atoms. The highest BCUT2D eigenvalue weighted by molar-refractivity contribution is 8.00. The molecule has 1 aliphatic rings. The number of carbonyl (C=O) groups is 1. The average Bonchev–Trinajstić information content (AvgIpc) is 2.58. The summed E-state index contributed by atoms with van der Waals surface area (Å²) >= 11 is 1.04. The molecule has 0 saturated carbocycles. The number of aromatic nitrogens is 2. The quantitative estimate of drug-likeness (QED) is 0.603. The summed E-state index contributed by atoms with van der Waals surface area (Å²) in [5.74, 6) is -1.16. The van der Waals surface area contributed by atoms with E-state index >= 15 is 0 Å². The van der Waals surface area contributed by atoms with Gasteiger partial charge in [0, 0.05) is 18.0 Å². The zero-order valence-electron chi connectivity index (χ0n) is 13.7. The van der Waals surface area contributed by atoms with E-state index in [1.807, 2.05) is 11.8 Å². The summed E-state index contributed by atoms with van der Waals surface area (Å²) in [5.41, 5.74) is 0.228. The van der Waals surface area contributed by atoms with Gasteiger partial charge in [-0.05, 0) is 32.3 Å². The molecule has 2 aromatic rings. The van der Waals surface area contributed by atoms with Crippen LogP contribution in [0.5, 0.6) is 0 Å². The summed E-state index contributed by atoms with van der Waals surface area (Å²) in [6, 6.07) is 6.72. The predicted octanol–water partition coefficient (Wildman–Crippen LogP) is 4.14. The molecule has 1 aliphatic heterocycles. The summed E-state index contributed by atoms with van der Waals surface area (Å²) < 4.78 is 39.1. The van der Waals surface area contributed by atoms with Gasteiger partial charge in [-0.25, -0.2) is 9.97 Å². The molecular formula is C17H18F3N3OS. The summed E-state index contributed by atoms with van der Waals surface area (Å²) in [5, 5.41) is 0.718. The minimum atomic E-state index is -4.62. The molecule has 1 fully saturated rings. The number of piperidine rings is 1. The number of likely N-dealkylation sites (tertiary alicyclic amines) is 1. The molecule has 25 heavy (non-hydrogen) atoms. The highest BCUT2D eigenvalue weighted by atomic mass is 32.2. The van der Waals surface area contributed by atoms with Crippen molar-refractivity contribution in [1.29, 1.82) is 0 Å². The van der Waals surface area contributed by atoms with E-state index in [0.29, 0.717) is 11.9 Å². The molecule has 1 aromatic heterocycles. The maximum Gasteiger partial charge on any atom is 0.451 e. The Morgan fingerprint density at radius 3 is 2.76 bits per heavy atom. The van der Waals surface area contributed by atoms with Gasteiger partial charge >= 0.3 is 6.18 Å². The van der Waals surface area contributed by atoms with Gasteiger partial charge in [-0.2, -0.15) is 13.2 Å². The average molecular weight is 369 g/mol. The first-order valence-electron chi connectivity index (χ1n) is 8.12. The number of hydrogen-bond acceptors (Lipinski definition) is 4. The van der Waals surface area contributed by atoms with Crippen LogP contribution in [-0.4, -0.2) is 39.1 Å². The van der Waals surface area contributed by atoms with E-state index in [9.17, 15) is 18.0 Å². The highest BCUT2D eigenvalue weighted by Gasteiger charge is 2.35. The fraction of sp³-hybridized carbons (Fsp3) is 0.471. The Morgan fingerprint density at radius 2 is 2.04 bits per heavy atom. The Kier molecular flexibility index (Phi) is 5.17. The van der Waals surface area contributed by atoms with Crippen molar-refractivity contribution >= 4 is 28.6 Å². The fourth-order valence-electron chi connectivity index (χ4n) is 2.97. The molecule has 1 aromatic carbocycles. The first-order valence-corrected chi connectivity index (χ1v) is 9.11. The minimum Gasteiger partial charge on any atom is -0.339 e. The molecule has 134 valence electrons. The van der Waals surface area contributed by atoms with Gasteiger partial charge in [0.05, 0.1) is 11.3 Å². The van der Waals surface area contributed by atoms with Crippen LogP contribution in [0, 0.1) is 0 Å². The van der Waals surface area contributed by atoms with Gasteiger partial charge < -0.3 is 4.90 Å². The maximum atomic E-state index is 13.0. The number of nitrogens with zero attached hydrogens (tertiary/aromatic N) is 3. The van der Waals surface area contributed by atoms with Crippen LogP contribution in [0.2, 0.25) is 0 Å². The van der Waals surface area contributed by atoms with Crippen LogP contribution in [0.1, 0.15) is 32.0 Å². The first-order chi connectivity index (χ1) is 11.9. The summed E-state index contributed by atoms with van der Waals surface area (Å²) in [4.78, 5) is 21.5. The number of halogens is 3. The van der Waals surface area contributed by atoms with Crippen LogP contribution in [-0.2, 0) is 11.0 Å². The molecule has 0 aliphatic carbocycles. The van der Waals surface area contributed by atoms with Crippen molar-refractivity contribution in [3.05, 3.63) is 30.1 Å². The van der Waals surface area contributed by atoms with E-state index in [2.05, 4.69) is 9.97 Å². The lowest BCUT2D eigenvalue weighted by molar-refractivity contribution is -0.145. The zero-order chi connectivity index (χ0) is 18.0. The third-order valence-electron chi connectivity index (χ3n) is 4.28. The van der Waals surface area contributed by atoms with Gasteiger partial charge in [0.25, 0.3) is 0 Å². The Balaban J connectivity index is 1.84. The topological polar surface area (TPSA) is 46.1 Å². The molecule has 0 N–H and O–H groups in total. The SMILES string of the molecule is C[C@H]1CCCCN1C(=O)CSc1nc(C(F)(F)F)nc2ccccc12. The number of thioether (sulfide) groups is 1. The van der Waals surface area contributed by atoms with Crippen molar-refractivity contribution in [3.8, 4) is 0 Å². The molecule has 0 unspecified atom stereocenters. The summed E-state index contributed by atoms with van der Waals surface area (Å²) in [6.45, 7) is 2.71. The van der Waals surface area contributed by atoms with Crippen molar-refractivity contribution in [3.63, 3.8) is 0 Å². The molecule has 1 amide bonds. The summed E-state index contributed by atoms with van der Waals surface area (Å²) in [7, 11) is 0. The Labute approximate surface area is 147 Å². The maximum absolute atomic E-state index is 13.0. The van der Waals surface area contributed by atoms with Gasteiger partial charge in [0.15, 0.2) is 0 Å². The van der Waals surface area contributed by atoms with Crippen molar-refractivity contribution < 1.29 is 18.0 Å². The molecule has 2 heterocycles. The zero-order valence-corrected chi connectivity index (χ0v) is 14.5. The number of alkyl halides is 3. The lowest BCUT2D eigenvalue weighted by Gasteiger charge is -2.33. The molecule has 1 atom stereocenters. The van der Waals surface area contributed by atoms with Crippen molar-refractivity contribution in [2.75, 3.05) is 12.3 Å². The van der Waals surface area contributed by atoms with Crippen molar-refractivity contribution in [2.45, 2.75) is 43.4 Å². The second-order valence-corrected chi connectivity index (χ2v) is 7.05. The third kappa shape index (κ3) is 4.05. The highest BCUT2D eigenvalue weighted by Crippen LogP contribution is 2.32. The number of rotatable bonds is 3. The van der Waals surface area contributed by atoms with E-state index in [0.717, 1.165) is 31.0 Å². The van der Waals surface area contributed by atoms with Crippen LogP contribution in [0.25, 0.3) is 10.9 Å². The van der Waals surface area contributed by atoms with Crippen LogP contribution in [0.4, 0.5) is 13.2 Å². The Hall–Kier alpha value is -1.83. The van der Waals surface area contributed by atoms with Crippen molar-refractivity contribution in [2.24, 2.45) is 0 Å². The van der Waals surface area contributed by atoms with Crippen molar-refractivity contribution in [1.82, 2.24) is 14.9 Å². The Bertz CT molecular complexity index is 781. The lowest BCUT2D eigenvalue weighted by atomic mass is 10.0. The van der Waals surface area contributed by atoms with Crippen LogP contribution < -0.4 is 0 Å². The van der Waals surface area contributed by atoms with Crippen LogP contribution in [0.3, 0.4) is 0 Å². The van der Waals surface area contributed by atoms with Crippen LogP contribution >= 0.6 is 11.8 Å². The van der Waals surface area contributed by atoms with Gasteiger partial charge in [0.2, 0.25) is 11.7 Å². The second-order valence-electron chi connectivity index (χ2n) is 6.09. The van der Waals surface area contributed by atoms with E-state index in [1.54, 1.807) is 18.2 Å². The molecule has 8 heteroatoms. The number of para-hydroxylation sites is 1. The summed E-state index contributed by atoms with van der Waals surface area (Å²) in [6.07, 6.45) is -1.59. The molecular weight excluding hydrogens is 351 g/mol. The van der Waals surface area contributed by atoms with Gasteiger partial charge in [-0.1, -0.05) is 30.0 Å². The van der Waals surface area contributed by atoms with E-state index in [-0.39, 0.29) is 28.2 Å². The largest absolute Gasteiger partial charge is 0.451 e. The van der Waals surface area contributed by atoms with E-state index < -0.39 is 12.0 Å². The third-order valence-corrected chi connectivity index (χ3v) is 5.25. The smallest absolute Gasteiger partial charge is 0.339 e. The molecule has 0 spiro atoms. The number of amides is 1. The monoisotopic (exact) mass is 369 g/mol. The molecule has 1 saturated heterocycles.